The zero-order valence-corrected chi connectivity index (χ0v) is 19.1. The first kappa shape index (κ1) is 22.1. The van der Waals surface area contributed by atoms with Crippen molar-refractivity contribution in [3.8, 4) is 0 Å². The molecule has 1 amide bonds. The first-order valence-electron chi connectivity index (χ1n) is 10.5. The van der Waals surface area contributed by atoms with Crippen molar-refractivity contribution < 1.29 is 19.1 Å². The molecule has 0 saturated carbocycles. The van der Waals surface area contributed by atoms with Gasteiger partial charge in [-0.3, -0.25) is 14.4 Å². The quantitative estimate of drug-likeness (QED) is 0.429. The molecule has 0 fully saturated rings. The zero-order chi connectivity index (χ0) is 22.9. The standard InChI is InChI=1S/C26H25NO4S/c1-25(2,3)32-23(29)15-22(28)31-26(20-10-6-7-11-21(20)27-24(26)30)16-17-12-13-18-8-4-5-9-19(18)14-17/h4-14H,15-16H2,1-3H3,(H,27,30)/t26-/m0/s1. The first-order chi connectivity index (χ1) is 15.2. The Morgan fingerprint density at radius 1 is 0.969 bits per heavy atom. The van der Waals surface area contributed by atoms with Crippen LogP contribution in [0.3, 0.4) is 0 Å². The number of fused-ring (bicyclic) bond motifs is 2. The minimum absolute atomic E-state index is 0.174. The average molecular weight is 448 g/mol. The van der Waals surface area contributed by atoms with Crippen LogP contribution in [-0.4, -0.2) is 21.7 Å². The summed E-state index contributed by atoms with van der Waals surface area (Å²) in [7, 11) is 0. The van der Waals surface area contributed by atoms with Gasteiger partial charge in [0.05, 0.1) is 0 Å². The van der Waals surface area contributed by atoms with Gasteiger partial charge in [-0.25, -0.2) is 0 Å². The molecule has 0 spiro atoms. The number of amides is 1. The normalized spacial score (nSPS) is 17.7. The van der Waals surface area contributed by atoms with E-state index in [0.717, 1.165) is 28.1 Å². The van der Waals surface area contributed by atoms with Gasteiger partial charge in [0.1, 0.15) is 6.42 Å². The second-order valence-corrected chi connectivity index (χ2v) is 10.8. The highest BCUT2D eigenvalue weighted by Gasteiger charge is 2.50. The molecule has 4 rings (SSSR count). The number of carbonyl (C=O) groups is 3. The summed E-state index contributed by atoms with van der Waals surface area (Å²) in [6.07, 6.45) is -0.218. The van der Waals surface area contributed by atoms with Gasteiger partial charge < -0.3 is 10.1 Å². The Morgan fingerprint density at radius 3 is 2.41 bits per heavy atom. The molecule has 1 N–H and O–H groups in total. The Labute approximate surface area is 191 Å². The van der Waals surface area contributed by atoms with Crippen LogP contribution in [0.2, 0.25) is 0 Å². The summed E-state index contributed by atoms with van der Waals surface area (Å²) in [4.78, 5) is 38.4. The third kappa shape index (κ3) is 4.55. The highest BCUT2D eigenvalue weighted by Crippen LogP contribution is 2.42. The van der Waals surface area contributed by atoms with Gasteiger partial charge in [-0.2, -0.15) is 0 Å². The van der Waals surface area contributed by atoms with E-state index in [0.29, 0.717) is 11.3 Å². The van der Waals surface area contributed by atoms with Gasteiger partial charge in [0, 0.05) is 22.4 Å². The van der Waals surface area contributed by atoms with Gasteiger partial charge in [-0.05, 0) is 22.4 Å². The SMILES string of the molecule is CC(C)(C)SC(=O)CC(=O)O[C@]1(Cc2ccc3ccccc3c2)C(=O)Nc2ccccc21. The maximum absolute atomic E-state index is 13.2. The van der Waals surface area contributed by atoms with E-state index >= 15 is 0 Å². The molecule has 32 heavy (non-hydrogen) atoms. The maximum atomic E-state index is 13.2. The van der Waals surface area contributed by atoms with Crippen molar-refractivity contribution in [2.45, 2.75) is 44.0 Å². The molecular formula is C26H25NO4S. The predicted octanol–water partition coefficient (Wildman–Crippen LogP) is 5.22. The van der Waals surface area contributed by atoms with E-state index in [9.17, 15) is 14.4 Å². The lowest BCUT2D eigenvalue weighted by Crippen LogP contribution is -2.41. The van der Waals surface area contributed by atoms with Crippen LogP contribution in [0.5, 0.6) is 0 Å². The first-order valence-corrected chi connectivity index (χ1v) is 11.3. The Morgan fingerprint density at radius 2 is 1.66 bits per heavy atom. The highest BCUT2D eigenvalue weighted by molar-refractivity contribution is 8.14. The van der Waals surface area contributed by atoms with E-state index in [-0.39, 0.29) is 16.3 Å². The van der Waals surface area contributed by atoms with Gasteiger partial charge in [0.2, 0.25) is 10.7 Å². The number of para-hydroxylation sites is 1. The number of hydrogen-bond donors (Lipinski definition) is 1. The summed E-state index contributed by atoms with van der Waals surface area (Å²) in [6.45, 7) is 5.72. The minimum atomic E-state index is -1.52. The van der Waals surface area contributed by atoms with Crippen molar-refractivity contribution in [1.29, 1.82) is 0 Å². The van der Waals surface area contributed by atoms with E-state index in [1.54, 1.807) is 12.1 Å². The summed E-state index contributed by atoms with van der Waals surface area (Å²) in [5, 5.41) is 4.68. The van der Waals surface area contributed by atoms with Gasteiger partial charge in [-0.15, -0.1) is 0 Å². The number of esters is 1. The van der Waals surface area contributed by atoms with Crippen LogP contribution in [0.1, 0.15) is 38.3 Å². The van der Waals surface area contributed by atoms with Crippen molar-refractivity contribution in [2.75, 3.05) is 5.32 Å². The number of benzene rings is 3. The fourth-order valence-corrected chi connectivity index (χ4v) is 4.84. The number of nitrogens with one attached hydrogen (secondary N) is 1. The molecule has 0 saturated heterocycles. The minimum Gasteiger partial charge on any atom is -0.443 e. The molecule has 0 radical (unpaired) electrons. The lowest BCUT2D eigenvalue weighted by molar-refractivity contribution is -0.167. The average Bonchev–Trinajstić information content (AvgIpc) is 2.97. The van der Waals surface area contributed by atoms with Crippen LogP contribution in [0.25, 0.3) is 10.8 Å². The predicted molar refractivity (Wildman–Crippen MR) is 127 cm³/mol. The fraction of sp³-hybridized carbons (Fsp3) is 0.269. The van der Waals surface area contributed by atoms with E-state index in [4.69, 9.17) is 4.74 Å². The zero-order valence-electron chi connectivity index (χ0n) is 18.3. The molecule has 3 aromatic rings. The van der Waals surface area contributed by atoms with E-state index in [1.807, 2.05) is 75.4 Å². The molecule has 6 heteroatoms. The lowest BCUT2D eigenvalue weighted by Gasteiger charge is -2.28. The third-order valence-electron chi connectivity index (χ3n) is 5.24. The molecule has 0 aliphatic carbocycles. The second kappa shape index (κ2) is 8.43. The molecule has 1 aliphatic rings. The number of carbonyl (C=O) groups excluding carboxylic acids is 3. The molecule has 0 unspecified atom stereocenters. The van der Waals surface area contributed by atoms with Crippen molar-refractivity contribution in [1.82, 2.24) is 0 Å². The Bertz CT molecular complexity index is 1210. The molecule has 1 aliphatic heterocycles. The summed E-state index contributed by atoms with van der Waals surface area (Å²) < 4.78 is 5.55. The van der Waals surface area contributed by atoms with Crippen molar-refractivity contribution in [2.24, 2.45) is 0 Å². The highest BCUT2D eigenvalue weighted by atomic mass is 32.2. The summed E-state index contributed by atoms with van der Waals surface area (Å²) in [5.74, 6) is -1.12. The smallest absolute Gasteiger partial charge is 0.315 e. The van der Waals surface area contributed by atoms with Gasteiger partial charge in [0.15, 0.2) is 0 Å². The summed E-state index contributed by atoms with van der Waals surface area (Å²) >= 11 is 1.09. The molecule has 1 atom stereocenters. The van der Waals surface area contributed by atoms with Crippen LogP contribution < -0.4 is 5.32 Å². The molecule has 5 nitrogen and oxygen atoms in total. The monoisotopic (exact) mass is 447 g/mol. The third-order valence-corrected chi connectivity index (χ3v) is 6.23. The van der Waals surface area contributed by atoms with Crippen LogP contribution in [-0.2, 0) is 31.1 Å². The molecule has 164 valence electrons. The number of hydrogen-bond acceptors (Lipinski definition) is 5. The van der Waals surface area contributed by atoms with E-state index < -0.39 is 23.9 Å². The largest absolute Gasteiger partial charge is 0.443 e. The molecule has 3 aromatic carbocycles. The number of rotatable bonds is 5. The van der Waals surface area contributed by atoms with Crippen LogP contribution in [0.15, 0.2) is 66.7 Å². The number of anilines is 1. The fourth-order valence-electron chi connectivity index (χ4n) is 3.96. The Kier molecular flexibility index (Phi) is 5.82. The molecule has 0 aromatic heterocycles. The lowest BCUT2D eigenvalue weighted by atomic mass is 9.87. The van der Waals surface area contributed by atoms with E-state index in [2.05, 4.69) is 5.32 Å². The number of ether oxygens (including phenoxy) is 1. The molecular weight excluding hydrogens is 422 g/mol. The van der Waals surface area contributed by atoms with Gasteiger partial charge in [0.25, 0.3) is 5.91 Å². The maximum Gasteiger partial charge on any atom is 0.315 e. The summed E-state index contributed by atoms with van der Waals surface area (Å²) in [5.41, 5.74) is 0.547. The number of thioether (sulfide) groups is 1. The Balaban J connectivity index is 1.67. The van der Waals surface area contributed by atoms with Crippen molar-refractivity contribution >= 4 is 45.2 Å². The Hall–Kier alpha value is -3.12. The van der Waals surface area contributed by atoms with E-state index in [1.165, 1.54) is 0 Å². The molecule has 0 bridgehead atoms. The van der Waals surface area contributed by atoms with Crippen molar-refractivity contribution in [3.63, 3.8) is 0 Å². The summed E-state index contributed by atoms with van der Waals surface area (Å²) in [6, 6.07) is 21.1. The van der Waals surface area contributed by atoms with Crippen molar-refractivity contribution in [3.05, 3.63) is 77.9 Å². The molecule has 1 heterocycles. The topological polar surface area (TPSA) is 72.5 Å². The van der Waals surface area contributed by atoms with Crippen LogP contribution in [0.4, 0.5) is 5.69 Å². The van der Waals surface area contributed by atoms with Gasteiger partial charge >= 0.3 is 5.97 Å². The van der Waals surface area contributed by atoms with Crippen LogP contribution in [0, 0.1) is 0 Å². The van der Waals surface area contributed by atoms with Gasteiger partial charge in [-0.1, -0.05) is 93.2 Å². The second-order valence-electron chi connectivity index (χ2n) is 8.92. The van der Waals surface area contributed by atoms with Crippen LogP contribution >= 0.6 is 11.8 Å².